The minimum absolute atomic E-state index is 0.0360. The Labute approximate surface area is 159 Å². The zero-order valence-corrected chi connectivity index (χ0v) is 16.2. The maximum Gasteiger partial charge on any atom is 0.234 e. The fraction of sp³-hybridized carbons (Fsp3) is 0.571. The van der Waals surface area contributed by atoms with E-state index in [0.717, 1.165) is 19.4 Å². The Balaban J connectivity index is 1.65. The summed E-state index contributed by atoms with van der Waals surface area (Å²) in [6.07, 6.45) is 3.59. The van der Waals surface area contributed by atoms with Crippen molar-refractivity contribution in [1.29, 1.82) is 0 Å². The van der Waals surface area contributed by atoms with Crippen molar-refractivity contribution in [3.05, 3.63) is 46.9 Å². The van der Waals surface area contributed by atoms with Crippen LogP contribution in [0.3, 0.4) is 0 Å². The molecule has 4 nitrogen and oxygen atoms in total. The maximum absolute atomic E-state index is 12.5. The first-order valence-corrected chi connectivity index (χ1v) is 10.6. The van der Waals surface area contributed by atoms with Gasteiger partial charge in [0.05, 0.1) is 11.4 Å². The number of hydrogen-bond acceptors (Lipinski definition) is 4. The first-order valence-electron chi connectivity index (χ1n) is 9.64. The molecule has 4 rings (SSSR count). The standard InChI is InChI=1S/C21H28N2O2S/c1-12-11-16(24)17(14-5-3-13(4-6-14)7-9-22-2)18-15-8-10-26-20(15)21(25)23-19(12)18/h3-6,8,10,12,15-20,22,24H,7,9,11H2,1-2H3,(H,23,25). The number of allylic oxidation sites excluding steroid dienone is 1. The lowest BCUT2D eigenvalue weighted by molar-refractivity contribution is -0.128. The predicted molar refractivity (Wildman–Crippen MR) is 106 cm³/mol. The quantitative estimate of drug-likeness (QED) is 0.759. The molecule has 2 heterocycles. The van der Waals surface area contributed by atoms with Crippen LogP contribution in [0, 0.1) is 17.8 Å². The van der Waals surface area contributed by atoms with Gasteiger partial charge in [-0.3, -0.25) is 4.79 Å². The van der Waals surface area contributed by atoms with E-state index in [-0.39, 0.29) is 41.1 Å². The molecule has 5 heteroatoms. The summed E-state index contributed by atoms with van der Waals surface area (Å²) in [5.74, 6) is 1.00. The molecule has 0 bridgehead atoms. The molecule has 1 aromatic rings. The zero-order chi connectivity index (χ0) is 18.3. The van der Waals surface area contributed by atoms with Crippen LogP contribution in [-0.4, -0.2) is 42.0 Å². The van der Waals surface area contributed by atoms with E-state index in [1.54, 1.807) is 11.8 Å². The molecule has 0 spiro atoms. The van der Waals surface area contributed by atoms with Crippen molar-refractivity contribution < 1.29 is 9.90 Å². The van der Waals surface area contributed by atoms with Crippen molar-refractivity contribution in [3.63, 3.8) is 0 Å². The van der Waals surface area contributed by atoms with Gasteiger partial charge in [0.25, 0.3) is 0 Å². The van der Waals surface area contributed by atoms with Gasteiger partial charge in [-0.25, -0.2) is 0 Å². The first kappa shape index (κ1) is 18.1. The number of carbonyl (C=O) groups excluding carboxylic acids is 1. The van der Waals surface area contributed by atoms with Crippen LogP contribution in [-0.2, 0) is 11.2 Å². The van der Waals surface area contributed by atoms with Crippen LogP contribution in [0.25, 0.3) is 0 Å². The number of aliphatic hydroxyl groups is 1. The SMILES string of the molecule is CNCCc1ccc(C2C(O)CC(C)C3NC(=O)C4SC=CC4C32)cc1. The largest absolute Gasteiger partial charge is 0.392 e. The number of aliphatic hydroxyl groups excluding tert-OH is 1. The highest BCUT2D eigenvalue weighted by atomic mass is 32.2. The second-order valence-electron chi connectivity index (χ2n) is 7.98. The number of fused-ring (bicyclic) bond motifs is 3. The lowest BCUT2D eigenvalue weighted by Gasteiger charge is -2.51. The van der Waals surface area contributed by atoms with Crippen molar-refractivity contribution in [1.82, 2.24) is 10.6 Å². The molecule has 2 aliphatic heterocycles. The Kier molecular flexibility index (Phi) is 5.13. The van der Waals surface area contributed by atoms with Crippen LogP contribution < -0.4 is 10.6 Å². The molecule has 26 heavy (non-hydrogen) atoms. The summed E-state index contributed by atoms with van der Waals surface area (Å²) in [7, 11) is 1.97. The van der Waals surface area contributed by atoms with Gasteiger partial charge in [-0.15, -0.1) is 11.8 Å². The smallest absolute Gasteiger partial charge is 0.234 e. The summed E-state index contributed by atoms with van der Waals surface area (Å²) in [6.45, 7) is 3.12. The van der Waals surface area contributed by atoms with Crippen LogP contribution >= 0.6 is 11.8 Å². The molecular formula is C21H28N2O2S. The highest BCUT2D eigenvalue weighted by molar-refractivity contribution is 8.03. The molecule has 1 aliphatic carbocycles. The Bertz CT molecular complexity index is 690. The number of likely N-dealkylation sites (N-methyl/N-ethyl adjacent to an activating group) is 1. The van der Waals surface area contributed by atoms with Crippen molar-refractivity contribution in [3.8, 4) is 0 Å². The third-order valence-electron chi connectivity index (χ3n) is 6.39. The van der Waals surface area contributed by atoms with Gasteiger partial charge in [-0.2, -0.15) is 0 Å². The number of amides is 1. The van der Waals surface area contributed by atoms with E-state index in [1.165, 1.54) is 11.1 Å². The summed E-state index contributed by atoms with van der Waals surface area (Å²) in [4.78, 5) is 12.5. The van der Waals surface area contributed by atoms with Crippen LogP contribution in [0.2, 0.25) is 0 Å². The van der Waals surface area contributed by atoms with E-state index in [1.807, 2.05) is 7.05 Å². The minimum atomic E-state index is -0.357. The first-order chi connectivity index (χ1) is 12.6. The van der Waals surface area contributed by atoms with Crippen LogP contribution in [0.5, 0.6) is 0 Å². The summed E-state index contributed by atoms with van der Waals surface area (Å²) in [6, 6.07) is 8.88. The normalized spacial score (nSPS) is 38.6. The third kappa shape index (κ3) is 3.10. The lowest BCUT2D eigenvalue weighted by Crippen LogP contribution is -2.62. The molecule has 0 aromatic heterocycles. The summed E-state index contributed by atoms with van der Waals surface area (Å²) < 4.78 is 0. The van der Waals surface area contributed by atoms with Gasteiger partial charge in [-0.05, 0) is 54.8 Å². The molecule has 140 valence electrons. The number of piperidine rings is 1. The number of hydrogen-bond donors (Lipinski definition) is 3. The van der Waals surface area contributed by atoms with Crippen LogP contribution in [0.4, 0.5) is 0 Å². The van der Waals surface area contributed by atoms with Crippen molar-refractivity contribution in [2.24, 2.45) is 17.8 Å². The fourth-order valence-corrected chi connectivity index (χ4v) is 6.18. The second kappa shape index (κ2) is 7.37. The summed E-state index contributed by atoms with van der Waals surface area (Å²) >= 11 is 1.62. The average molecular weight is 373 g/mol. The van der Waals surface area contributed by atoms with E-state index in [0.29, 0.717) is 5.92 Å². The molecular weight excluding hydrogens is 344 g/mol. The van der Waals surface area contributed by atoms with E-state index < -0.39 is 0 Å². The Morgan fingerprint density at radius 2 is 2.08 bits per heavy atom. The van der Waals surface area contributed by atoms with E-state index in [4.69, 9.17) is 0 Å². The highest BCUT2D eigenvalue weighted by Gasteiger charge is 2.53. The predicted octanol–water partition coefficient (Wildman–Crippen LogP) is 2.29. The molecule has 1 saturated heterocycles. The van der Waals surface area contributed by atoms with Gasteiger partial charge >= 0.3 is 0 Å². The van der Waals surface area contributed by atoms with Crippen molar-refractivity contribution in [2.45, 2.75) is 43.1 Å². The molecule has 1 saturated carbocycles. The lowest BCUT2D eigenvalue weighted by atomic mass is 9.60. The van der Waals surface area contributed by atoms with Gasteiger partial charge in [0, 0.05) is 17.9 Å². The average Bonchev–Trinajstić information content (AvgIpc) is 3.12. The highest BCUT2D eigenvalue weighted by Crippen LogP contribution is 2.51. The summed E-state index contributed by atoms with van der Waals surface area (Å²) in [5.41, 5.74) is 2.51. The van der Waals surface area contributed by atoms with E-state index in [9.17, 15) is 9.90 Å². The Hall–Kier alpha value is -1.30. The topological polar surface area (TPSA) is 61.4 Å². The number of nitrogens with one attached hydrogen (secondary N) is 2. The zero-order valence-electron chi connectivity index (χ0n) is 15.4. The van der Waals surface area contributed by atoms with Crippen LogP contribution in [0.15, 0.2) is 35.7 Å². The van der Waals surface area contributed by atoms with Gasteiger partial charge in [0.15, 0.2) is 0 Å². The molecule has 0 radical (unpaired) electrons. The number of benzene rings is 1. The molecule has 1 aromatic carbocycles. The Morgan fingerprint density at radius 1 is 1.31 bits per heavy atom. The van der Waals surface area contributed by atoms with Gasteiger partial charge in [-0.1, -0.05) is 37.3 Å². The van der Waals surface area contributed by atoms with Crippen molar-refractivity contribution >= 4 is 17.7 Å². The summed E-state index contributed by atoms with van der Waals surface area (Å²) in [5, 5.41) is 19.5. The molecule has 7 atom stereocenters. The second-order valence-corrected chi connectivity index (χ2v) is 9.03. The minimum Gasteiger partial charge on any atom is -0.392 e. The monoisotopic (exact) mass is 372 g/mol. The fourth-order valence-electron chi connectivity index (χ4n) is 5.10. The van der Waals surface area contributed by atoms with Gasteiger partial charge in [0.1, 0.15) is 0 Å². The van der Waals surface area contributed by atoms with Gasteiger partial charge < -0.3 is 15.7 Å². The van der Waals surface area contributed by atoms with Crippen LogP contribution in [0.1, 0.15) is 30.4 Å². The Morgan fingerprint density at radius 3 is 2.81 bits per heavy atom. The van der Waals surface area contributed by atoms with Gasteiger partial charge in [0.2, 0.25) is 5.91 Å². The molecule has 1 amide bonds. The molecule has 3 N–H and O–H groups in total. The van der Waals surface area contributed by atoms with Crippen molar-refractivity contribution in [2.75, 3.05) is 13.6 Å². The van der Waals surface area contributed by atoms with E-state index in [2.05, 4.69) is 53.3 Å². The third-order valence-corrected chi connectivity index (χ3v) is 7.52. The number of rotatable bonds is 4. The maximum atomic E-state index is 12.5. The number of thioether (sulfide) groups is 1. The molecule has 3 aliphatic rings. The molecule has 7 unspecified atom stereocenters. The van der Waals surface area contributed by atoms with E-state index >= 15 is 0 Å². The number of carbonyl (C=O) groups is 1. The molecule has 2 fully saturated rings.